The molecule has 0 aromatic heterocycles. The van der Waals surface area contributed by atoms with E-state index in [9.17, 15) is 0 Å². The van der Waals surface area contributed by atoms with Crippen molar-refractivity contribution < 1.29 is 0 Å². The van der Waals surface area contributed by atoms with Gasteiger partial charge in [-0.3, -0.25) is 0 Å². The Balaban J connectivity index is 3.42. The smallest absolute Gasteiger partial charge is 0.0622 e. The summed E-state index contributed by atoms with van der Waals surface area (Å²) in [5, 5.41) is 8.37. The first-order valence-corrected chi connectivity index (χ1v) is 5.01. The molecule has 0 fully saturated rings. The van der Waals surface area contributed by atoms with Gasteiger partial charge in [-0.1, -0.05) is 20.8 Å². The fraction of sp³-hybridized carbons (Fsp3) is 0.909. The third-order valence-electron chi connectivity index (χ3n) is 2.07. The molecule has 0 unspecified atom stereocenters. The first kappa shape index (κ1) is 12.4. The Kier molecular flexibility index (Phi) is 5.73. The molecule has 0 aromatic rings. The lowest BCUT2D eigenvalue weighted by Crippen LogP contribution is -2.24. The highest BCUT2D eigenvalue weighted by atomic mass is 15.1. The average Bonchev–Trinajstić information content (AvgIpc) is 2.00. The van der Waals surface area contributed by atoms with Crippen LogP contribution in [0.25, 0.3) is 0 Å². The minimum Gasteiger partial charge on any atom is -0.306 e. The minimum absolute atomic E-state index is 0.420. The molecule has 0 N–H and O–H groups in total. The van der Waals surface area contributed by atoms with Crippen LogP contribution >= 0.6 is 0 Å². The van der Waals surface area contributed by atoms with Crippen LogP contribution in [-0.2, 0) is 0 Å². The topological polar surface area (TPSA) is 27.0 Å². The first-order chi connectivity index (χ1) is 5.95. The van der Waals surface area contributed by atoms with Crippen LogP contribution in [-0.4, -0.2) is 25.0 Å². The summed E-state index contributed by atoms with van der Waals surface area (Å²) in [6, 6.07) is 2.17. The van der Waals surface area contributed by atoms with Gasteiger partial charge in [-0.15, -0.1) is 0 Å². The molecule has 2 nitrogen and oxygen atoms in total. The van der Waals surface area contributed by atoms with Gasteiger partial charge in [0.1, 0.15) is 0 Å². The fourth-order valence-electron chi connectivity index (χ4n) is 1.07. The van der Waals surface area contributed by atoms with E-state index in [0.717, 1.165) is 19.5 Å². The molecule has 0 atom stereocenters. The SMILES string of the molecule is CN(CCCC#N)CCC(C)(C)C. The van der Waals surface area contributed by atoms with Crippen molar-refractivity contribution in [3.63, 3.8) is 0 Å². The Bertz CT molecular complexity index is 162. The van der Waals surface area contributed by atoms with Crippen LogP contribution in [0.2, 0.25) is 0 Å². The zero-order chi connectivity index (χ0) is 10.3. The molecule has 0 bridgehead atoms. The van der Waals surface area contributed by atoms with Crippen LogP contribution in [0.1, 0.15) is 40.0 Å². The van der Waals surface area contributed by atoms with E-state index in [1.807, 2.05) is 0 Å². The van der Waals surface area contributed by atoms with E-state index >= 15 is 0 Å². The predicted octanol–water partition coefficient (Wildman–Crippen LogP) is 2.66. The second-order valence-electron chi connectivity index (χ2n) is 4.88. The van der Waals surface area contributed by atoms with Crippen molar-refractivity contribution in [1.29, 1.82) is 5.26 Å². The lowest BCUT2D eigenvalue weighted by molar-refractivity contribution is 0.263. The predicted molar refractivity (Wildman–Crippen MR) is 56.4 cm³/mol. The van der Waals surface area contributed by atoms with E-state index in [4.69, 9.17) is 5.26 Å². The maximum atomic E-state index is 8.37. The second kappa shape index (κ2) is 5.99. The summed E-state index contributed by atoms with van der Waals surface area (Å²) in [6.07, 6.45) is 2.90. The van der Waals surface area contributed by atoms with Crippen molar-refractivity contribution in [3.05, 3.63) is 0 Å². The number of rotatable bonds is 5. The van der Waals surface area contributed by atoms with Crippen molar-refractivity contribution in [3.8, 4) is 6.07 Å². The maximum absolute atomic E-state index is 8.37. The molecule has 0 aromatic carbocycles. The largest absolute Gasteiger partial charge is 0.306 e. The van der Waals surface area contributed by atoms with Gasteiger partial charge in [-0.05, 0) is 38.4 Å². The van der Waals surface area contributed by atoms with Gasteiger partial charge in [0.05, 0.1) is 6.07 Å². The summed E-state index contributed by atoms with van der Waals surface area (Å²) in [7, 11) is 2.13. The van der Waals surface area contributed by atoms with Crippen molar-refractivity contribution >= 4 is 0 Å². The molecule has 0 aliphatic heterocycles. The van der Waals surface area contributed by atoms with Crippen LogP contribution in [0.5, 0.6) is 0 Å². The molecule has 0 radical (unpaired) electrons. The molecule has 0 spiro atoms. The molecule has 0 heterocycles. The van der Waals surface area contributed by atoms with Crippen molar-refractivity contribution in [1.82, 2.24) is 4.90 Å². The van der Waals surface area contributed by atoms with Crippen LogP contribution < -0.4 is 0 Å². The highest BCUT2D eigenvalue weighted by Crippen LogP contribution is 2.18. The van der Waals surface area contributed by atoms with Gasteiger partial charge in [0, 0.05) is 6.42 Å². The molecule has 2 heteroatoms. The van der Waals surface area contributed by atoms with Gasteiger partial charge in [0.25, 0.3) is 0 Å². The second-order valence-corrected chi connectivity index (χ2v) is 4.88. The van der Waals surface area contributed by atoms with Gasteiger partial charge in [0.2, 0.25) is 0 Å². The molecular formula is C11H22N2. The first-order valence-electron chi connectivity index (χ1n) is 5.01. The number of unbranched alkanes of at least 4 members (excludes halogenated alkanes) is 1. The Morgan fingerprint density at radius 2 is 1.85 bits per heavy atom. The van der Waals surface area contributed by atoms with E-state index in [0.29, 0.717) is 11.8 Å². The van der Waals surface area contributed by atoms with Crippen LogP contribution in [0.3, 0.4) is 0 Å². The molecule has 0 amide bonds. The summed E-state index contributed by atoms with van der Waals surface area (Å²) in [5.41, 5.74) is 0.420. The molecule has 0 aliphatic carbocycles. The Hall–Kier alpha value is -0.550. The van der Waals surface area contributed by atoms with Crippen LogP contribution in [0.15, 0.2) is 0 Å². The van der Waals surface area contributed by atoms with E-state index in [1.165, 1.54) is 6.42 Å². The third kappa shape index (κ3) is 9.36. The number of hydrogen-bond acceptors (Lipinski definition) is 2. The van der Waals surface area contributed by atoms with Gasteiger partial charge >= 0.3 is 0 Å². The standard InChI is InChI=1S/C11H22N2/c1-11(2,3)7-10-13(4)9-6-5-8-12/h5-7,9-10H2,1-4H3. The average molecular weight is 182 g/mol. The molecule has 0 rings (SSSR count). The molecular weight excluding hydrogens is 160 g/mol. The van der Waals surface area contributed by atoms with Gasteiger partial charge in [-0.2, -0.15) is 5.26 Å². The highest BCUT2D eigenvalue weighted by Gasteiger charge is 2.10. The Labute approximate surface area is 82.5 Å². The van der Waals surface area contributed by atoms with E-state index < -0.39 is 0 Å². The summed E-state index contributed by atoms with van der Waals surface area (Å²) >= 11 is 0. The zero-order valence-electron chi connectivity index (χ0n) is 9.43. The summed E-state index contributed by atoms with van der Waals surface area (Å²) in [6.45, 7) is 8.96. The highest BCUT2D eigenvalue weighted by molar-refractivity contribution is 4.70. The lowest BCUT2D eigenvalue weighted by atomic mass is 9.92. The summed E-state index contributed by atoms with van der Waals surface area (Å²) in [5.74, 6) is 0. The van der Waals surface area contributed by atoms with Crippen molar-refractivity contribution in [2.45, 2.75) is 40.0 Å². The quantitative estimate of drug-likeness (QED) is 0.611. The van der Waals surface area contributed by atoms with Crippen molar-refractivity contribution in [2.75, 3.05) is 20.1 Å². The van der Waals surface area contributed by atoms with E-state index in [-0.39, 0.29) is 0 Å². The normalized spacial score (nSPS) is 11.7. The zero-order valence-corrected chi connectivity index (χ0v) is 9.43. The number of nitriles is 1. The summed E-state index contributed by atoms with van der Waals surface area (Å²) in [4.78, 5) is 2.31. The minimum atomic E-state index is 0.420. The van der Waals surface area contributed by atoms with E-state index in [1.54, 1.807) is 0 Å². The molecule has 0 aliphatic rings. The Morgan fingerprint density at radius 3 is 2.31 bits per heavy atom. The van der Waals surface area contributed by atoms with Crippen LogP contribution in [0, 0.1) is 16.7 Å². The molecule has 0 saturated heterocycles. The number of hydrogen-bond donors (Lipinski definition) is 0. The molecule has 76 valence electrons. The van der Waals surface area contributed by atoms with Gasteiger partial charge in [-0.25, -0.2) is 0 Å². The van der Waals surface area contributed by atoms with Gasteiger partial charge in [0.15, 0.2) is 0 Å². The maximum Gasteiger partial charge on any atom is 0.0622 e. The third-order valence-corrected chi connectivity index (χ3v) is 2.07. The summed E-state index contributed by atoms with van der Waals surface area (Å²) < 4.78 is 0. The van der Waals surface area contributed by atoms with Crippen molar-refractivity contribution in [2.24, 2.45) is 5.41 Å². The lowest BCUT2D eigenvalue weighted by Gasteiger charge is -2.23. The monoisotopic (exact) mass is 182 g/mol. The van der Waals surface area contributed by atoms with Gasteiger partial charge < -0.3 is 4.90 Å². The van der Waals surface area contributed by atoms with E-state index in [2.05, 4.69) is 38.8 Å². The fourth-order valence-corrected chi connectivity index (χ4v) is 1.07. The molecule has 0 saturated carbocycles. The Morgan fingerprint density at radius 1 is 1.23 bits per heavy atom. The molecule has 13 heavy (non-hydrogen) atoms. The number of nitrogens with zero attached hydrogens (tertiary/aromatic N) is 2. The van der Waals surface area contributed by atoms with Crippen LogP contribution in [0.4, 0.5) is 0 Å².